The molecule has 4 heteroatoms. The number of carbonyl (C=O) groups is 1. The third-order valence-electron chi connectivity index (χ3n) is 2.51. The van der Waals surface area contributed by atoms with Gasteiger partial charge < -0.3 is 15.1 Å². The summed E-state index contributed by atoms with van der Waals surface area (Å²) >= 11 is 0. The monoisotopic (exact) mass is 210 g/mol. The van der Waals surface area contributed by atoms with E-state index in [1.165, 1.54) is 0 Å². The van der Waals surface area contributed by atoms with Crippen LogP contribution in [0.15, 0.2) is 16.7 Å². The number of nitrogens with zero attached hydrogens (tertiary/aromatic N) is 1. The molecule has 0 bridgehead atoms. The van der Waals surface area contributed by atoms with Crippen molar-refractivity contribution in [3.63, 3.8) is 0 Å². The minimum atomic E-state index is -0.401. The second kappa shape index (κ2) is 4.98. The molecule has 0 spiro atoms. The van der Waals surface area contributed by atoms with Gasteiger partial charge in [-0.05, 0) is 19.4 Å². The standard InChI is InChI=1S/C11H18N2O2/c1-4-10(12)11(14)13(3)7-9-5-6-15-8(9)2/h5-6,10H,4,7,12H2,1-3H3/t10-/m1/s1. The molecule has 1 atom stereocenters. The zero-order chi connectivity index (χ0) is 11.4. The van der Waals surface area contributed by atoms with Gasteiger partial charge >= 0.3 is 0 Å². The Kier molecular flexibility index (Phi) is 3.91. The van der Waals surface area contributed by atoms with Crippen LogP contribution in [0.4, 0.5) is 0 Å². The van der Waals surface area contributed by atoms with Crippen LogP contribution < -0.4 is 5.73 Å². The van der Waals surface area contributed by atoms with Gasteiger partial charge in [-0.2, -0.15) is 0 Å². The van der Waals surface area contributed by atoms with Crippen molar-refractivity contribution in [3.05, 3.63) is 23.7 Å². The molecule has 0 aromatic carbocycles. The van der Waals surface area contributed by atoms with Crippen molar-refractivity contribution in [3.8, 4) is 0 Å². The first-order valence-electron chi connectivity index (χ1n) is 5.09. The SMILES string of the molecule is CC[C@@H](N)C(=O)N(C)Cc1ccoc1C. The molecular formula is C11H18N2O2. The Labute approximate surface area is 90.0 Å². The van der Waals surface area contributed by atoms with E-state index in [1.54, 1.807) is 18.2 Å². The molecule has 0 aliphatic heterocycles. The molecule has 1 aromatic heterocycles. The van der Waals surface area contributed by atoms with Crippen LogP contribution in [0, 0.1) is 6.92 Å². The van der Waals surface area contributed by atoms with Crippen molar-refractivity contribution in [1.29, 1.82) is 0 Å². The molecule has 0 aliphatic carbocycles. The third-order valence-corrected chi connectivity index (χ3v) is 2.51. The van der Waals surface area contributed by atoms with Crippen LogP contribution in [-0.2, 0) is 11.3 Å². The highest BCUT2D eigenvalue weighted by Gasteiger charge is 2.17. The number of nitrogens with two attached hydrogens (primary N) is 1. The van der Waals surface area contributed by atoms with E-state index in [-0.39, 0.29) is 5.91 Å². The van der Waals surface area contributed by atoms with E-state index in [1.807, 2.05) is 19.9 Å². The van der Waals surface area contributed by atoms with Crippen molar-refractivity contribution in [1.82, 2.24) is 4.90 Å². The van der Waals surface area contributed by atoms with E-state index < -0.39 is 6.04 Å². The van der Waals surface area contributed by atoms with Gasteiger partial charge in [0.25, 0.3) is 0 Å². The molecule has 1 heterocycles. The molecule has 1 rings (SSSR count). The Bertz CT molecular complexity index is 333. The molecule has 15 heavy (non-hydrogen) atoms. The van der Waals surface area contributed by atoms with Crippen molar-refractivity contribution in [2.24, 2.45) is 5.73 Å². The van der Waals surface area contributed by atoms with E-state index in [9.17, 15) is 4.79 Å². The lowest BCUT2D eigenvalue weighted by atomic mass is 10.2. The lowest BCUT2D eigenvalue weighted by Crippen LogP contribution is -2.40. The zero-order valence-corrected chi connectivity index (χ0v) is 9.49. The van der Waals surface area contributed by atoms with Gasteiger partial charge in [0.05, 0.1) is 12.3 Å². The number of hydrogen-bond donors (Lipinski definition) is 1. The summed E-state index contributed by atoms with van der Waals surface area (Å²) in [5, 5.41) is 0. The number of amides is 1. The van der Waals surface area contributed by atoms with Gasteiger partial charge in [-0.1, -0.05) is 6.92 Å². The maximum absolute atomic E-state index is 11.7. The molecule has 0 aliphatic rings. The van der Waals surface area contributed by atoms with Crippen LogP contribution in [-0.4, -0.2) is 23.9 Å². The van der Waals surface area contributed by atoms with Crippen LogP contribution in [0.3, 0.4) is 0 Å². The Balaban J connectivity index is 2.60. The first kappa shape index (κ1) is 11.8. The fourth-order valence-corrected chi connectivity index (χ4v) is 1.37. The molecular weight excluding hydrogens is 192 g/mol. The largest absolute Gasteiger partial charge is 0.469 e. The Morgan fingerprint density at radius 1 is 1.67 bits per heavy atom. The normalized spacial score (nSPS) is 12.5. The van der Waals surface area contributed by atoms with Crippen LogP contribution >= 0.6 is 0 Å². The highest BCUT2D eigenvalue weighted by molar-refractivity contribution is 5.81. The smallest absolute Gasteiger partial charge is 0.239 e. The predicted octanol–water partition coefficient (Wildman–Crippen LogP) is 1.28. The second-order valence-electron chi connectivity index (χ2n) is 3.71. The highest BCUT2D eigenvalue weighted by Crippen LogP contribution is 2.11. The maximum atomic E-state index is 11.7. The average molecular weight is 210 g/mol. The molecule has 1 aromatic rings. The fourth-order valence-electron chi connectivity index (χ4n) is 1.37. The summed E-state index contributed by atoms with van der Waals surface area (Å²) in [4.78, 5) is 13.3. The van der Waals surface area contributed by atoms with Crippen LogP contribution in [0.5, 0.6) is 0 Å². The molecule has 4 nitrogen and oxygen atoms in total. The van der Waals surface area contributed by atoms with Gasteiger partial charge in [0.15, 0.2) is 0 Å². The van der Waals surface area contributed by atoms with Gasteiger partial charge in [-0.15, -0.1) is 0 Å². The van der Waals surface area contributed by atoms with Gasteiger partial charge in [0.2, 0.25) is 5.91 Å². The predicted molar refractivity (Wildman–Crippen MR) is 58.2 cm³/mol. The highest BCUT2D eigenvalue weighted by atomic mass is 16.3. The van der Waals surface area contributed by atoms with Crippen molar-refractivity contribution in [2.45, 2.75) is 32.9 Å². The summed E-state index contributed by atoms with van der Waals surface area (Å²) in [6.07, 6.45) is 2.29. The number of hydrogen-bond acceptors (Lipinski definition) is 3. The lowest BCUT2D eigenvalue weighted by Gasteiger charge is -2.20. The summed E-state index contributed by atoms with van der Waals surface area (Å²) in [5.74, 6) is 0.817. The number of rotatable bonds is 4. The van der Waals surface area contributed by atoms with E-state index in [0.717, 1.165) is 11.3 Å². The number of aryl methyl sites for hydroxylation is 1. The lowest BCUT2D eigenvalue weighted by molar-refractivity contribution is -0.131. The molecule has 0 radical (unpaired) electrons. The molecule has 0 fully saturated rings. The molecule has 2 N–H and O–H groups in total. The van der Waals surface area contributed by atoms with Crippen LogP contribution in [0.2, 0.25) is 0 Å². The van der Waals surface area contributed by atoms with Gasteiger partial charge in [0.1, 0.15) is 5.76 Å². The fraction of sp³-hybridized carbons (Fsp3) is 0.545. The molecule has 0 saturated carbocycles. The van der Waals surface area contributed by atoms with Crippen molar-refractivity contribution < 1.29 is 9.21 Å². The number of furan rings is 1. The van der Waals surface area contributed by atoms with E-state index in [2.05, 4.69) is 0 Å². The second-order valence-corrected chi connectivity index (χ2v) is 3.71. The molecule has 0 saturated heterocycles. The van der Waals surface area contributed by atoms with E-state index in [4.69, 9.17) is 10.2 Å². The molecule has 1 amide bonds. The summed E-state index contributed by atoms with van der Waals surface area (Å²) in [5.41, 5.74) is 6.69. The Morgan fingerprint density at radius 2 is 2.33 bits per heavy atom. The van der Waals surface area contributed by atoms with Crippen molar-refractivity contribution in [2.75, 3.05) is 7.05 Å². The van der Waals surface area contributed by atoms with E-state index >= 15 is 0 Å². The van der Waals surface area contributed by atoms with Gasteiger partial charge in [-0.25, -0.2) is 0 Å². The van der Waals surface area contributed by atoms with Crippen LogP contribution in [0.25, 0.3) is 0 Å². The Morgan fingerprint density at radius 3 is 2.80 bits per heavy atom. The summed E-state index contributed by atoms with van der Waals surface area (Å²) < 4.78 is 5.16. The zero-order valence-electron chi connectivity index (χ0n) is 9.49. The van der Waals surface area contributed by atoms with Gasteiger partial charge in [0, 0.05) is 19.2 Å². The minimum absolute atomic E-state index is 0.0295. The number of likely N-dealkylation sites (N-methyl/N-ethyl adjacent to an activating group) is 1. The quantitative estimate of drug-likeness (QED) is 0.814. The number of carbonyl (C=O) groups excluding carboxylic acids is 1. The Hall–Kier alpha value is -1.29. The van der Waals surface area contributed by atoms with Crippen LogP contribution in [0.1, 0.15) is 24.7 Å². The average Bonchev–Trinajstić information content (AvgIpc) is 2.62. The van der Waals surface area contributed by atoms with Crippen molar-refractivity contribution >= 4 is 5.91 Å². The van der Waals surface area contributed by atoms with Gasteiger partial charge in [-0.3, -0.25) is 4.79 Å². The summed E-state index contributed by atoms with van der Waals surface area (Å²) in [6, 6.07) is 1.47. The maximum Gasteiger partial charge on any atom is 0.239 e. The summed E-state index contributed by atoms with van der Waals surface area (Å²) in [6.45, 7) is 4.34. The first-order chi connectivity index (χ1) is 7.06. The summed E-state index contributed by atoms with van der Waals surface area (Å²) in [7, 11) is 1.75. The molecule has 84 valence electrons. The topological polar surface area (TPSA) is 59.5 Å². The van der Waals surface area contributed by atoms with E-state index in [0.29, 0.717) is 13.0 Å². The third kappa shape index (κ3) is 2.83. The molecule has 0 unspecified atom stereocenters. The first-order valence-corrected chi connectivity index (χ1v) is 5.09. The minimum Gasteiger partial charge on any atom is -0.469 e.